The largest absolute Gasteiger partial charge is 0.439 e. The van der Waals surface area contributed by atoms with Crippen molar-refractivity contribution >= 4 is 48.0 Å². The first-order valence-electron chi connectivity index (χ1n) is 8.07. The van der Waals surface area contributed by atoms with Crippen LogP contribution in [0.25, 0.3) is 0 Å². The number of halogens is 3. The number of carbonyl (C=O) groups excluding carboxylic acids is 1. The first kappa shape index (κ1) is 24.5. The van der Waals surface area contributed by atoms with Gasteiger partial charge in [-0.3, -0.25) is 4.79 Å². The summed E-state index contributed by atoms with van der Waals surface area (Å²) in [5, 5.41) is 3.44. The summed E-state index contributed by atoms with van der Waals surface area (Å²) in [6.45, 7) is 0.714. The van der Waals surface area contributed by atoms with Crippen LogP contribution >= 0.6 is 36.4 Å². The standard InChI is InChI=1S/C18H22ClN3O2.2ClH/c19-14-6-11-18(21-13-14)24-16-9-7-15(8-10-16)22-17(23)5-3-1-2-4-12-20;;/h6-11,13H,1-5,12,20H2,(H,22,23);2*1H. The zero-order valence-corrected chi connectivity index (χ0v) is 16.7. The molecule has 0 radical (unpaired) electrons. The smallest absolute Gasteiger partial charge is 0.224 e. The fourth-order valence-corrected chi connectivity index (χ4v) is 2.27. The first-order chi connectivity index (χ1) is 11.7. The Kier molecular flexibility index (Phi) is 12.8. The summed E-state index contributed by atoms with van der Waals surface area (Å²) in [6.07, 6.45) is 6.07. The number of nitrogens with one attached hydrogen (secondary N) is 1. The van der Waals surface area contributed by atoms with E-state index < -0.39 is 0 Å². The van der Waals surface area contributed by atoms with Gasteiger partial charge in [-0.05, 0) is 49.7 Å². The third-order valence-corrected chi connectivity index (χ3v) is 3.64. The van der Waals surface area contributed by atoms with E-state index in [4.69, 9.17) is 22.1 Å². The van der Waals surface area contributed by atoms with E-state index in [1.807, 2.05) is 0 Å². The Labute approximate surface area is 171 Å². The van der Waals surface area contributed by atoms with Crippen LogP contribution in [0, 0.1) is 0 Å². The molecular formula is C18H24Cl3N3O2. The summed E-state index contributed by atoms with van der Waals surface area (Å²) in [6, 6.07) is 10.6. The zero-order valence-electron chi connectivity index (χ0n) is 14.3. The van der Waals surface area contributed by atoms with Crippen molar-refractivity contribution in [2.45, 2.75) is 32.1 Å². The van der Waals surface area contributed by atoms with Gasteiger partial charge < -0.3 is 15.8 Å². The number of ether oxygens (including phenoxy) is 1. The van der Waals surface area contributed by atoms with Crippen molar-refractivity contribution in [3.05, 3.63) is 47.6 Å². The van der Waals surface area contributed by atoms with E-state index in [0.29, 0.717) is 29.6 Å². The van der Waals surface area contributed by atoms with Gasteiger partial charge >= 0.3 is 0 Å². The lowest BCUT2D eigenvalue weighted by Gasteiger charge is -2.07. The van der Waals surface area contributed by atoms with Crippen molar-refractivity contribution in [3.63, 3.8) is 0 Å². The van der Waals surface area contributed by atoms with Gasteiger partial charge in [-0.25, -0.2) is 4.98 Å². The second kappa shape index (κ2) is 13.6. The quantitative estimate of drug-likeness (QED) is 0.545. The average Bonchev–Trinajstić information content (AvgIpc) is 2.58. The number of rotatable bonds is 9. The zero-order chi connectivity index (χ0) is 17.2. The van der Waals surface area contributed by atoms with E-state index in [0.717, 1.165) is 31.4 Å². The SMILES string of the molecule is Cl.Cl.NCCCCCCC(=O)Nc1ccc(Oc2ccc(Cl)cn2)cc1. The van der Waals surface area contributed by atoms with Crippen LogP contribution in [-0.4, -0.2) is 17.4 Å². The third kappa shape index (κ3) is 9.25. The van der Waals surface area contributed by atoms with Gasteiger partial charge in [-0.2, -0.15) is 0 Å². The molecule has 2 aromatic rings. The lowest BCUT2D eigenvalue weighted by atomic mass is 10.1. The van der Waals surface area contributed by atoms with Gasteiger partial charge in [-0.1, -0.05) is 24.4 Å². The molecule has 0 aliphatic heterocycles. The average molecular weight is 421 g/mol. The molecular weight excluding hydrogens is 397 g/mol. The van der Waals surface area contributed by atoms with Crippen LogP contribution < -0.4 is 15.8 Å². The van der Waals surface area contributed by atoms with Crippen molar-refractivity contribution in [1.82, 2.24) is 4.98 Å². The molecule has 1 heterocycles. The van der Waals surface area contributed by atoms with Crippen molar-refractivity contribution in [2.24, 2.45) is 5.73 Å². The van der Waals surface area contributed by atoms with Crippen LogP contribution in [0.1, 0.15) is 32.1 Å². The summed E-state index contributed by atoms with van der Waals surface area (Å²) in [4.78, 5) is 15.9. The number of hydrogen-bond donors (Lipinski definition) is 2. The van der Waals surface area contributed by atoms with Gasteiger partial charge in [0.2, 0.25) is 11.8 Å². The molecule has 0 aliphatic rings. The second-order valence-electron chi connectivity index (χ2n) is 5.44. The van der Waals surface area contributed by atoms with Gasteiger partial charge in [0.25, 0.3) is 0 Å². The number of unbranched alkanes of at least 4 members (excludes halogenated alkanes) is 3. The molecule has 144 valence electrons. The number of benzene rings is 1. The van der Waals surface area contributed by atoms with Crippen LogP contribution in [0.3, 0.4) is 0 Å². The molecule has 5 nitrogen and oxygen atoms in total. The van der Waals surface area contributed by atoms with E-state index in [9.17, 15) is 4.79 Å². The third-order valence-electron chi connectivity index (χ3n) is 3.42. The van der Waals surface area contributed by atoms with Crippen molar-refractivity contribution in [3.8, 4) is 11.6 Å². The molecule has 0 fully saturated rings. The predicted octanol–water partition coefficient (Wildman–Crippen LogP) is 5.22. The minimum Gasteiger partial charge on any atom is -0.439 e. The number of anilines is 1. The number of pyridine rings is 1. The number of carbonyl (C=O) groups is 1. The van der Waals surface area contributed by atoms with E-state index in [1.165, 1.54) is 6.20 Å². The normalized spacial score (nSPS) is 9.62. The van der Waals surface area contributed by atoms with Gasteiger partial charge in [0, 0.05) is 24.4 Å². The topological polar surface area (TPSA) is 77.2 Å². The van der Waals surface area contributed by atoms with Crippen LogP contribution in [-0.2, 0) is 4.79 Å². The van der Waals surface area contributed by atoms with E-state index >= 15 is 0 Å². The Morgan fingerprint density at radius 1 is 1.04 bits per heavy atom. The molecule has 1 aromatic carbocycles. The molecule has 3 N–H and O–H groups in total. The second-order valence-corrected chi connectivity index (χ2v) is 5.88. The van der Waals surface area contributed by atoms with Crippen molar-refractivity contribution < 1.29 is 9.53 Å². The highest BCUT2D eigenvalue weighted by molar-refractivity contribution is 6.30. The highest BCUT2D eigenvalue weighted by atomic mass is 35.5. The highest BCUT2D eigenvalue weighted by Gasteiger charge is 2.03. The maximum atomic E-state index is 11.9. The maximum Gasteiger partial charge on any atom is 0.224 e. The Hall–Kier alpha value is -1.53. The summed E-state index contributed by atoms with van der Waals surface area (Å²) in [5.41, 5.74) is 6.19. The van der Waals surface area contributed by atoms with Crippen molar-refractivity contribution in [2.75, 3.05) is 11.9 Å². The molecule has 2 rings (SSSR count). The molecule has 8 heteroatoms. The summed E-state index contributed by atoms with van der Waals surface area (Å²) in [5.74, 6) is 1.13. The van der Waals surface area contributed by atoms with E-state index in [1.54, 1.807) is 36.4 Å². The summed E-state index contributed by atoms with van der Waals surface area (Å²) < 4.78 is 5.60. The van der Waals surface area contributed by atoms with E-state index in [-0.39, 0.29) is 30.7 Å². The lowest BCUT2D eigenvalue weighted by Crippen LogP contribution is -2.11. The van der Waals surface area contributed by atoms with Crippen LogP contribution in [0.4, 0.5) is 5.69 Å². The number of nitrogens with two attached hydrogens (primary N) is 1. The fourth-order valence-electron chi connectivity index (χ4n) is 2.16. The Morgan fingerprint density at radius 3 is 2.35 bits per heavy atom. The molecule has 0 spiro atoms. The van der Waals surface area contributed by atoms with E-state index in [2.05, 4.69) is 10.3 Å². The fraction of sp³-hybridized carbons (Fsp3) is 0.333. The highest BCUT2D eigenvalue weighted by Crippen LogP contribution is 2.22. The Bertz CT molecular complexity index is 637. The van der Waals surface area contributed by atoms with Crippen molar-refractivity contribution in [1.29, 1.82) is 0 Å². The molecule has 1 amide bonds. The molecule has 0 saturated heterocycles. The van der Waals surface area contributed by atoms with Gasteiger partial charge in [-0.15, -0.1) is 24.8 Å². The number of hydrogen-bond acceptors (Lipinski definition) is 4. The number of aromatic nitrogens is 1. The Morgan fingerprint density at radius 2 is 1.73 bits per heavy atom. The monoisotopic (exact) mass is 419 g/mol. The van der Waals surface area contributed by atoms with Gasteiger partial charge in [0.05, 0.1) is 5.02 Å². The minimum atomic E-state index is 0. The molecule has 1 aromatic heterocycles. The molecule has 0 unspecified atom stereocenters. The first-order valence-corrected chi connectivity index (χ1v) is 8.44. The summed E-state index contributed by atoms with van der Waals surface area (Å²) >= 11 is 5.78. The number of amides is 1. The predicted molar refractivity (Wildman–Crippen MR) is 111 cm³/mol. The molecule has 0 saturated carbocycles. The van der Waals surface area contributed by atoms with Crippen LogP contribution in [0.2, 0.25) is 5.02 Å². The number of nitrogens with zero attached hydrogens (tertiary/aromatic N) is 1. The van der Waals surface area contributed by atoms with Crippen LogP contribution in [0.5, 0.6) is 11.6 Å². The van der Waals surface area contributed by atoms with Gasteiger partial charge in [0.15, 0.2) is 0 Å². The molecule has 0 bridgehead atoms. The lowest BCUT2D eigenvalue weighted by molar-refractivity contribution is -0.116. The molecule has 0 aliphatic carbocycles. The maximum absolute atomic E-state index is 11.9. The van der Waals surface area contributed by atoms with Gasteiger partial charge in [0.1, 0.15) is 5.75 Å². The molecule has 0 atom stereocenters. The summed E-state index contributed by atoms with van der Waals surface area (Å²) in [7, 11) is 0. The minimum absolute atomic E-state index is 0. The van der Waals surface area contributed by atoms with Crippen LogP contribution in [0.15, 0.2) is 42.6 Å². The Balaban J connectivity index is 0.00000312. The molecule has 26 heavy (non-hydrogen) atoms.